The van der Waals surface area contributed by atoms with Crippen molar-refractivity contribution in [2.45, 2.75) is 32.4 Å². The number of H-pyrrole nitrogens is 1. The maximum absolute atomic E-state index is 14.3. The minimum Gasteiger partial charge on any atom is -0.337 e. The summed E-state index contributed by atoms with van der Waals surface area (Å²) in [5, 5.41) is 4.75. The first-order valence-corrected chi connectivity index (χ1v) is 9.85. The molecule has 0 atom stereocenters. The molecule has 0 fully saturated rings. The Morgan fingerprint density at radius 1 is 1.06 bits per heavy atom. The monoisotopic (exact) mass is 473 g/mol. The van der Waals surface area contributed by atoms with Crippen LogP contribution in [0.25, 0.3) is 33.7 Å². The average molecular weight is 474 g/mol. The fraction of sp³-hybridized carbons (Fsp3) is 0.273. The topological polar surface area (TPSA) is 46.5 Å². The molecule has 4 aromatic rings. The minimum atomic E-state index is -4.68. The fourth-order valence-corrected chi connectivity index (χ4v) is 4.06. The van der Waals surface area contributed by atoms with Gasteiger partial charge in [0.25, 0.3) is 0 Å². The number of fused-ring (bicyclic) bond motifs is 1. The van der Waals surface area contributed by atoms with Gasteiger partial charge in [-0.25, -0.2) is 9.37 Å². The zero-order chi connectivity index (χ0) is 22.7. The molecule has 2 aromatic carbocycles. The van der Waals surface area contributed by atoms with Gasteiger partial charge < -0.3 is 4.98 Å². The van der Waals surface area contributed by atoms with E-state index in [9.17, 15) is 17.6 Å². The first-order valence-electron chi connectivity index (χ1n) is 9.47. The Kier molecular flexibility index (Phi) is 6.56. The molecule has 0 amide bonds. The average Bonchev–Trinajstić information content (AvgIpc) is 3.20. The maximum Gasteiger partial charge on any atom is 0.418 e. The first kappa shape index (κ1) is 24.8. The predicted octanol–water partition coefficient (Wildman–Crippen LogP) is 6.36. The van der Waals surface area contributed by atoms with Crippen LogP contribution in [0.15, 0.2) is 36.4 Å². The van der Waals surface area contributed by atoms with Gasteiger partial charge in [0.1, 0.15) is 17.0 Å². The molecule has 2 heterocycles. The standard InChI is InChI=1S/C22H19ClF4N4.Na/c1-21(2,3)19-16(23)18(31(4)30-19)20-28-15-10-11(12-7-5-6-8-14(12)24)9-13(17(15)29-20)22(25,26)27;/h5-10H,1-4H3,(H,28,29);. The Balaban J connectivity index is 0.00000289. The van der Waals surface area contributed by atoms with Crippen molar-refractivity contribution in [1.29, 1.82) is 0 Å². The van der Waals surface area contributed by atoms with Crippen LogP contribution in [0.4, 0.5) is 17.6 Å². The summed E-state index contributed by atoms with van der Waals surface area (Å²) in [5.74, 6) is -0.458. The van der Waals surface area contributed by atoms with Crippen molar-refractivity contribution >= 4 is 52.2 Å². The molecular formula is C22H19ClF4N4Na. The second-order valence-electron chi connectivity index (χ2n) is 8.37. The van der Waals surface area contributed by atoms with E-state index in [0.717, 1.165) is 6.07 Å². The smallest absolute Gasteiger partial charge is 0.337 e. The van der Waals surface area contributed by atoms with Crippen molar-refractivity contribution in [2.75, 3.05) is 0 Å². The predicted molar refractivity (Wildman–Crippen MR) is 118 cm³/mol. The van der Waals surface area contributed by atoms with E-state index in [2.05, 4.69) is 15.1 Å². The number of aromatic amines is 1. The third kappa shape index (κ3) is 4.33. The third-order valence-corrected chi connectivity index (χ3v) is 5.36. The summed E-state index contributed by atoms with van der Waals surface area (Å²) in [6, 6.07) is 8.05. The molecule has 0 aliphatic heterocycles. The van der Waals surface area contributed by atoms with Gasteiger partial charge in [-0.15, -0.1) is 0 Å². The van der Waals surface area contributed by atoms with E-state index in [1.807, 2.05) is 20.8 Å². The summed E-state index contributed by atoms with van der Waals surface area (Å²) in [4.78, 5) is 7.13. The third-order valence-electron chi connectivity index (χ3n) is 5.00. The number of imidazole rings is 1. The molecule has 1 radical (unpaired) electrons. The molecule has 10 heteroatoms. The summed E-state index contributed by atoms with van der Waals surface area (Å²) >= 11 is 6.54. The number of aryl methyl sites for hydroxylation is 1. The van der Waals surface area contributed by atoms with Gasteiger partial charge in [0.2, 0.25) is 0 Å². The zero-order valence-electron chi connectivity index (χ0n) is 18.2. The number of hydrogen-bond donors (Lipinski definition) is 1. The van der Waals surface area contributed by atoms with Crippen LogP contribution in [0.1, 0.15) is 32.0 Å². The van der Waals surface area contributed by atoms with Gasteiger partial charge >= 0.3 is 6.18 Å². The molecule has 0 saturated heterocycles. The summed E-state index contributed by atoms with van der Waals surface area (Å²) in [7, 11) is 1.65. The number of nitrogens with zero attached hydrogens (tertiary/aromatic N) is 3. The van der Waals surface area contributed by atoms with Crippen LogP contribution in [0.5, 0.6) is 0 Å². The molecule has 0 spiro atoms. The van der Waals surface area contributed by atoms with Gasteiger partial charge in [-0.3, -0.25) is 4.68 Å². The molecule has 0 unspecified atom stereocenters. The molecular weight excluding hydrogens is 455 g/mol. The summed E-state index contributed by atoms with van der Waals surface area (Å²) in [6.07, 6.45) is -4.68. The van der Waals surface area contributed by atoms with Crippen molar-refractivity contribution in [1.82, 2.24) is 19.7 Å². The Labute approximate surface area is 209 Å². The van der Waals surface area contributed by atoms with Crippen LogP contribution >= 0.6 is 11.6 Å². The number of aromatic nitrogens is 4. The van der Waals surface area contributed by atoms with E-state index in [4.69, 9.17) is 11.6 Å². The van der Waals surface area contributed by atoms with Crippen molar-refractivity contribution in [2.24, 2.45) is 7.05 Å². The normalized spacial score (nSPS) is 12.3. The Hall–Kier alpha value is -1.87. The van der Waals surface area contributed by atoms with Gasteiger partial charge in [0.15, 0.2) is 5.82 Å². The van der Waals surface area contributed by atoms with E-state index in [-0.39, 0.29) is 63.0 Å². The summed E-state index contributed by atoms with van der Waals surface area (Å²) < 4.78 is 57.3. The van der Waals surface area contributed by atoms with Crippen LogP contribution in [-0.4, -0.2) is 49.3 Å². The van der Waals surface area contributed by atoms with Crippen molar-refractivity contribution in [3.05, 3.63) is 58.5 Å². The molecule has 0 bridgehead atoms. The minimum absolute atomic E-state index is 0. The second kappa shape index (κ2) is 8.48. The van der Waals surface area contributed by atoms with Crippen LogP contribution in [0.3, 0.4) is 0 Å². The second-order valence-corrected chi connectivity index (χ2v) is 8.75. The van der Waals surface area contributed by atoms with E-state index in [1.165, 1.54) is 28.9 Å². The van der Waals surface area contributed by atoms with Gasteiger partial charge in [-0.2, -0.15) is 18.3 Å². The first-order chi connectivity index (χ1) is 14.4. The van der Waals surface area contributed by atoms with Gasteiger partial charge in [0.05, 0.1) is 21.8 Å². The number of alkyl halides is 3. The molecule has 32 heavy (non-hydrogen) atoms. The Morgan fingerprint density at radius 2 is 1.72 bits per heavy atom. The molecule has 2 aromatic heterocycles. The molecule has 4 nitrogen and oxygen atoms in total. The van der Waals surface area contributed by atoms with Gasteiger partial charge in [0, 0.05) is 47.6 Å². The largest absolute Gasteiger partial charge is 0.418 e. The Morgan fingerprint density at radius 3 is 2.28 bits per heavy atom. The number of halogens is 5. The van der Waals surface area contributed by atoms with Crippen molar-refractivity contribution in [3.8, 4) is 22.6 Å². The number of hydrogen-bond acceptors (Lipinski definition) is 2. The number of rotatable bonds is 2. The quantitative estimate of drug-likeness (QED) is 0.272. The summed E-state index contributed by atoms with van der Waals surface area (Å²) in [5.41, 5.74) is -0.318. The number of nitrogens with one attached hydrogen (secondary N) is 1. The molecule has 163 valence electrons. The fourth-order valence-electron chi connectivity index (χ4n) is 3.53. The zero-order valence-corrected chi connectivity index (χ0v) is 21.0. The molecule has 0 aliphatic rings. The Bertz CT molecular complexity index is 1300. The molecule has 0 aliphatic carbocycles. The molecule has 0 saturated carbocycles. The van der Waals surface area contributed by atoms with E-state index in [1.54, 1.807) is 13.1 Å². The van der Waals surface area contributed by atoms with Gasteiger partial charge in [-0.05, 0) is 23.8 Å². The number of benzene rings is 2. The van der Waals surface area contributed by atoms with Gasteiger partial charge in [-0.1, -0.05) is 50.6 Å². The van der Waals surface area contributed by atoms with E-state index < -0.39 is 17.6 Å². The van der Waals surface area contributed by atoms with Crippen molar-refractivity contribution in [3.63, 3.8) is 0 Å². The van der Waals surface area contributed by atoms with E-state index in [0.29, 0.717) is 16.4 Å². The van der Waals surface area contributed by atoms with Crippen LogP contribution in [0.2, 0.25) is 5.02 Å². The SMILES string of the molecule is Cn1nc(C(C)(C)C)c(Cl)c1-c1nc2c(C(F)(F)F)cc(-c3ccccc3F)cc2[nH]1.[Na]. The maximum atomic E-state index is 14.3. The molecule has 4 rings (SSSR count). The van der Waals surface area contributed by atoms with E-state index >= 15 is 0 Å². The van der Waals surface area contributed by atoms with Crippen LogP contribution in [0, 0.1) is 5.82 Å². The molecule has 1 N–H and O–H groups in total. The van der Waals surface area contributed by atoms with Crippen molar-refractivity contribution < 1.29 is 17.6 Å². The summed E-state index contributed by atoms with van der Waals surface area (Å²) in [6.45, 7) is 5.81. The van der Waals surface area contributed by atoms with Crippen LogP contribution < -0.4 is 0 Å². The van der Waals surface area contributed by atoms with Crippen LogP contribution in [-0.2, 0) is 18.6 Å².